The number of rotatable bonds is 6. The fourth-order valence-corrected chi connectivity index (χ4v) is 3.23. The molecule has 2 aromatic carbocycles. The second kappa shape index (κ2) is 8.65. The maximum Gasteiger partial charge on any atom is 0.251 e. The molecule has 0 spiro atoms. The van der Waals surface area contributed by atoms with Crippen molar-refractivity contribution in [3.63, 3.8) is 0 Å². The van der Waals surface area contributed by atoms with Crippen LogP contribution in [0.4, 0.5) is 0 Å². The molecule has 7 heteroatoms. The van der Waals surface area contributed by atoms with Gasteiger partial charge in [-0.1, -0.05) is 6.07 Å². The average molecular weight is 384 g/mol. The van der Waals surface area contributed by atoms with E-state index in [4.69, 9.17) is 14.2 Å². The predicted octanol–water partition coefficient (Wildman–Crippen LogP) is 2.03. The van der Waals surface area contributed by atoms with Crippen molar-refractivity contribution in [2.24, 2.45) is 0 Å². The summed E-state index contributed by atoms with van der Waals surface area (Å²) in [6.45, 7) is 1.01. The third kappa shape index (κ3) is 4.19. The lowest BCUT2D eigenvalue weighted by molar-refractivity contribution is -0.131. The Balaban J connectivity index is 1.62. The fraction of sp³-hybridized carbons (Fsp3) is 0.333. The van der Waals surface area contributed by atoms with Gasteiger partial charge >= 0.3 is 0 Å². The molecule has 0 aromatic heterocycles. The number of hydrogen-bond donors (Lipinski definition) is 1. The lowest BCUT2D eigenvalue weighted by Gasteiger charge is -2.29. The Morgan fingerprint density at radius 3 is 2.39 bits per heavy atom. The molecule has 0 unspecified atom stereocenters. The molecule has 7 nitrogen and oxygen atoms in total. The molecule has 2 aromatic rings. The van der Waals surface area contributed by atoms with Crippen molar-refractivity contribution in [3.8, 4) is 17.2 Å². The van der Waals surface area contributed by atoms with Crippen molar-refractivity contribution in [2.45, 2.75) is 13.0 Å². The van der Waals surface area contributed by atoms with Crippen LogP contribution in [0.5, 0.6) is 17.2 Å². The molecule has 1 N–H and O–H groups in total. The molecule has 1 aliphatic heterocycles. The minimum atomic E-state index is -0.309. The first-order chi connectivity index (χ1) is 13.5. The quantitative estimate of drug-likeness (QED) is 0.825. The zero-order chi connectivity index (χ0) is 20.1. The number of benzene rings is 2. The van der Waals surface area contributed by atoms with Gasteiger partial charge in [0.2, 0.25) is 5.91 Å². The number of fused-ring (bicyclic) bond motifs is 1. The zero-order valence-corrected chi connectivity index (χ0v) is 16.3. The van der Waals surface area contributed by atoms with Gasteiger partial charge in [-0.05, 0) is 47.9 Å². The number of carbonyl (C=O) groups is 2. The van der Waals surface area contributed by atoms with Crippen LogP contribution in [0.25, 0.3) is 0 Å². The van der Waals surface area contributed by atoms with E-state index in [1.54, 1.807) is 50.5 Å². The van der Waals surface area contributed by atoms with Crippen molar-refractivity contribution in [2.75, 3.05) is 34.4 Å². The van der Waals surface area contributed by atoms with Gasteiger partial charge in [-0.2, -0.15) is 0 Å². The van der Waals surface area contributed by atoms with Crippen LogP contribution in [0.15, 0.2) is 36.4 Å². The second-order valence-electron chi connectivity index (χ2n) is 6.46. The highest BCUT2D eigenvalue weighted by atomic mass is 16.5. The van der Waals surface area contributed by atoms with E-state index < -0.39 is 0 Å². The standard InChI is InChI=1S/C21H24N2O5/c1-26-17-6-4-5-15(9-17)21(25)22-12-20(24)23-8-7-14-10-18(27-2)19(28-3)11-16(14)13-23/h4-6,9-11H,7-8,12-13H2,1-3H3,(H,22,25). The summed E-state index contributed by atoms with van der Waals surface area (Å²) in [7, 11) is 4.73. The Hall–Kier alpha value is -3.22. The average Bonchev–Trinajstić information content (AvgIpc) is 2.75. The van der Waals surface area contributed by atoms with Gasteiger partial charge < -0.3 is 24.4 Å². The highest BCUT2D eigenvalue weighted by molar-refractivity contribution is 5.96. The Morgan fingerprint density at radius 1 is 1.00 bits per heavy atom. The molecule has 3 rings (SSSR count). The summed E-state index contributed by atoms with van der Waals surface area (Å²) in [5, 5.41) is 2.68. The summed E-state index contributed by atoms with van der Waals surface area (Å²) in [5.41, 5.74) is 2.62. The van der Waals surface area contributed by atoms with Crippen LogP contribution in [0.1, 0.15) is 21.5 Å². The first-order valence-electron chi connectivity index (χ1n) is 8.99. The molecule has 0 saturated heterocycles. The molecule has 2 amide bonds. The molecule has 0 bridgehead atoms. The van der Waals surface area contributed by atoms with Crippen molar-refractivity contribution in [1.29, 1.82) is 0 Å². The lowest BCUT2D eigenvalue weighted by Crippen LogP contribution is -2.42. The Bertz CT molecular complexity index is 881. The van der Waals surface area contributed by atoms with E-state index in [2.05, 4.69) is 5.32 Å². The van der Waals surface area contributed by atoms with Crippen LogP contribution in [0, 0.1) is 0 Å². The van der Waals surface area contributed by atoms with Crippen LogP contribution in [-0.4, -0.2) is 51.1 Å². The molecule has 0 aliphatic carbocycles. The van der Waals surface area contributed by atoms with Crippen LogP contribution >= 0.6 is 0 Å². The highest BCUT2D eigenvalue weighted by Gasteiger charge is 2.23. The second-order valence-corrected chi connectivity index (χ2v) is 6.46. The number of hydrogen-bond acceptors (Lipinski definition) is 5. The number of methoxy groups -OCH3 is 3. The normalized spacial score (nSPS) is 12.8. The summed E-state index contributed by atoms with van der Waals surface area (Å²) in [4.78, 5) is 26.6. The molecular weight excluding hydrogens is 360 g/mol. The molecule has 0 fully saturated rings. The first-order valence-corrected chi connectivity index (χ1v) is 8.99. The Morgan fingerprint density at radius 2 is 1.71 bits per heavy atom. The largest absolute Gasteiger partial charge is 0.497 e. The zero-order valence-electron chi connectivity index (χ0n) is 16.3. The molecule has 148 valence electrons. The van der Waals surface area contributed by atoms with Gasteiger partial charge in [-0.25, -0.2) is 0 Å². The summed E-state index contributed by atoms with van der Waals surface area (Å²) in [6.07, 6.45) is 0.727. The van der Waals surface area contributed by atoms with Crippen molar-refractivity contribution in [1.82, 2.24) is 10.2 Å². The summed E-state index contributed by atoms with van der Waals surface area (Å²) < 4.78 is 15.8. The minimum absolute atomic E-state index is 0.0569. The van der Waals surface area contributed by atoms with E-state index in [0.717, 1.165) is 17.5 Å². The van der Waals surface area contributed by atoms with Gasteiger partial charge in [0.1, 0.15) is 5.75 Å². The van der Waals surface area contributed by atoms with E-state index in [0.29, 0.717) is 35.9 Å². The van der Waals surface area contributed by atoms with E-state index in [1.165, 1.54) is 0 Å². The van der Waals surface area contributed by atoms with Crippen molar-refractivity contribution >= 4 is 11.8 Å². The summed E-state index contributed by atoms with van der Waals surface area (Å²) >= 11 is 0. The first kappa shape index (κ1) is 19.5. The van der Waals surface area contributed by atoms with E-state index in [9.17, 15) is 9.59 Å². The van der Waals surface area contributed by atoms with Gasteiger partial charge in [0.05, 0.1) is 27.9 Å². The predicted molar refractivity (Wildman–Crippen MR) is 104 cm³/mol. The van der Waals surface area contributed by atoms with Gasteiger partial charge in [-0.15, -0.1) is 0 Å². The Kier molecular flexibility index (Phi) is 6.03. The third-order valence-electron chi connectivity index (χ3n) is 4.80. The molecular formula is C21H24N2O5. The molecule has 28 heavy (non-hydrogen) atoms. The van der Waals surface area contributed by atoms with Gasteiger partial charge in [-0.3, -0.25) is 9.59 Å². The number of amides is 2. The van der Waals surface area contributed by atoms with Gasteiger partial charge in [0.15, 0.2) is 11.5 Å². The van der Waals surface area contributed by atoms with E-state index in [-0.39, 0.29) is 18.4 Å². The SMILES string of the molecule is COc1cccc(C(=O)NCC(=O)N2CCc3cc(OC)c(OC)cc3C2)c1. The van der Waals surface area contributed by atoms with Crippen LogP contribution in [0.3, 0.4) is 0 Å². The van der Waals surface area contributed by atoms with E-state index >= 15 is 0 Å². The van der Waals surface area contributed by atoms with Gasteiger partial charge in [0, 0.05) is 18.7 Å². The topological polar surface area (TPSA) is 77.1 Å². The highest BCUT2D eigenvalue weighted by Crippen LogP contribution is 2.33. The smallest absolute Gasteiger partial charge is 0.251 e. The van der Waals surface area contributed by atoms with Crippen LogP contribution in [0.2, 0.25) is 0 Å². The van der Waals surface area contributed by atoms with Crippen LogP contribution in [-0.2, 0) is 17.8 Å². The number of ether oxygens (including phenoxy) is 3. The number of nitrogens with one attached hydrogen (secondary N) is 1. The number of nitrogens with zero attached hydrogens (tertiary/aromatic N) is 1. The number of carbonyl (C=O) groups excluding carboxylic acids is 2. The minimum Gasteiger partial charge on any atom is -0.497 e. The van der Waals surface area contributed by atoms with E-state index in [1.807, 2.05) is 12.1 Å². The monoisotopic (exact) mass is 384 g/mol. The molecule has 1 aliphatic rings. The summed E-state index contributed by atoms with van der Waals surface area (Å²) in [5.74, 6) is 1.48. The van der Waals surface area contributed by atoms with Gasteiger partial charge in [0.25, 0.3) is 5.91 Å². The van der Waals surface area contributed by atoms with Crippen molar-refractivity contribution < 1.29 is 23.8 Å². The van der Waals surface area contributed by atoms with Crippen molar-refractivity contribution in [3.05, 3.63) is 53.1 Å². The Labute approximate surface area is 164 Å². The fourth-order valence-electron chi connectivity index (χ4n) is 3.23. The maximum absolute atomic E-state index is 12.6. The third-order valence-corrected chi connectivity index (χ3v) is 4.80. The maximum atomic E-state index is 12.6. The molecule has 0 saturated carbocycles. The lowest BCUT2D eigenvalue weighted by atomic mass is 9.98. The summed E-state index contributed by atoms with van der Waals surface area (Å²) in [6, 6.07) is 10.7. The molecule has 0 radical (unpaired) electrons. The molecule has 0 atom stereocenters. The van der Waals surface area contributed by atoms with Crippen LogP contribution < -0.4 is 19.5 Å². The molecule has 1 heterocycles.